The molecule has 0 bridgehead atoms. The highest BCUT2D eigenvalue weighted by atomic mass is 32.1. The largest absolute Gasteiger partial charge is 0.466 e. The Hall–Kier alpha value is -3.74. The van der Waals surface area contributed by atoms with Gasteiger partial charge in [-0.25, -0.2) is 0 Å². The number of rotatable bonds is 7. The van der Waals surface area contributed by atoms with E-state index >= 15 is 0 Å². The summed E-state index contributed by atoms with van der Waals surface area (Å²) >= 11 is 1.94. The number of thiazole rings is 1. The van der Waals surface area contributed by atoms with Gasteiger partial charge in [0.2, 0.25) is 5.52 Å². The summed E-state index contributed by atoms with van der Waals surface area (Å²) in [5.74, 6) is 0.427. The summed E-state index contributed by atoms with van der Waals surface area (Å²) in [5.41, 5.74) is 9.80. The fourth-order valence-electron chi connectivity index (χ4n) is 9.79. The smallest absolute Gasteiger partial charge is 0.305 e. The number of hydrogen-bond acceptors (Lipinski definition) is 5. The number of hydrogen-bond donors (Lipinski definition) is 0. The average molecular weight is 672 g/mol. The monoisotopic (exact) mass is 671 g/mol. The van der Waals surface area contributed by atoms with Gasteiger partial charge in [0.05, 0.1) is 23.7 Å². The van der Waals surface area contributed by atoms with E-state index in [0.29, 0.717) is 18.9 Å². The molecule has 5 heterocycles. The molecule has 0 amide bonds. The van der Waals surface area contributed by atoms with Gasteiger partial charge in [-0.15, -0.1) is 0 Å². The zero-order valence-electron chi connectivity index (χ0n) is 29.3. The molecule has 5 aliphatic rings. The van der Waals surface area contributed by atoms with Gasteiger partial charge in [0.1, 0.15) is 10.8 Å². The molecule has 0 spiro atoms. The Morgan fingerprint density at radius 3 is 2.73 bits per heavy atom. The molecule has 0 saturated carbocycles. The standard InChI is InChI=1S/C43H47N2O3S/c1-5-47-37(46)17-7-6-12-21-43(4)33-15-10-11-16-34(33)44-22-20-28-25-36-29(23-31(28)39(43)44)24-32-40(48-36)42(2,3)26-45-35-19-18-27-13-8-9-14-30(27)38(35)49-41(32)45/h8-11,13-16,18-19,23-24,28,36,40H,5-7,12,17,20-22,25-26H2,1-4H3/q+1/t28-,36+,40+,43?/m0/s1. The van der Waals surface area contributed by atoms with Gasteiger partial charge in [-0.05, 0) is 85.8 Å². The summed E-state index contributed by atoms with van der Waals surface area (Å²) in [6.45, 7) is 11.6. The minimum absolute atomic E-state index is 0.0181. The molecule has 252 valence electrons. The number of ether oxygens (including phenoxy) is 2. The first kappa shape index (κ1) is 31.3. The number of esters is 1. The van der Waals surface area contributed by atoms with Gasteiger partial charge >= 0.3 is 5.97 Å². The molecule has 4 aliphatic heterocycles. The third kappa shape index (κ3) is 4.88. The first-order valence-electron chi connectivity index (χ1n) is 18.5. The van der Waals surface area contributed by atoms with Crippen LogP contribution in [0.25, 0.3) is 26.6 Å². The second-order valence-electron chi connectivity index (χ2n) is 15.8. The van der Waals surface area contributed by atoms with Crippen molar-refractivity contribution >= 4 is 49.6 Å². The lowest BCUT2D eigenvalue weighted by Gasteiger charge is -2.46. The van der Waals surface area contributed by atoms with E-state index in [2.05, 4.69) is 103 Å². The molecule has 1 aromatic heterocycles. The Morgan fingerprint density at radius 1 is 1.02 bits per heavy atom. The Balaban J connectivity index is 1.12. The maximum Gasteiger partial charge on any atom is 0.305 e. The highest BCUT2D eigenvalue weighted by Crippen LogP contribution is 2.57. The van der Waals surface area contributed by atoms with Crippen LogP contribution in [-0.4, -0.2) is 31.3 Å². The number of nitrogens with zero attached hydrogens (tertiary/aromatic N) is 2. The quantitative estimate of drug-likeness (QED) is 0.112. The lowest BCUT2D eigenvalue weighted by atomic mass is 9.69. The van der Waals surface area contributed by atoms with E-state index in [0.717, 1.165) is 51.6 Å². The summed E-state index contributed by atoms with van der Waals surface area (Å²) in [6, 6.07) is 22.5. The van der Waals surface area contributed by atoms with E-state index in [9.17, 15) is 4.79 Å². The Morgan fingerprint density at radius 2 is 1.86 bits per heavy atom. The van der Waals surface area contributed by atoms with Crippen molar-refractivity contribution < 1.29 is 18.8 Å². The van der Waals surface area contributed by atoms with Crippen molar-refractivity contribution in [2.45, 2.75) is 96.8 Å². The van der Waals surface area contributed by atoms with Gasteiger partial charge in [-0.2, -0.15) is 4.57 Å². The lowest BCUT2D eigenvalue weighted by molar-refractivity contribution is -0.688. The number of fused-ring (bicyclic) bond motifs is 12. The molecule has 0 radical (unpaired) electrons. The van der Waals surface area contributed by atoms with Crippen LogP contribution >= 0.6 is 11.3 Å². The van der Waals surface area contributed by atoms with Crippen LogP contribution in [0.1, 0.15) is 83.2 Å². The fraction of sp³-hybridized carbons (Fsp3) is 0.442. The van der Waals surface area contributed by atoms with Crippen molar-refractivity contribution in [3.63, 3.8) is 0 Å². The minimum Gasteiger partial charge on any atom is -0.466 e. The normalized spacial score (nSPS) is 26.3. The van der Waals surface area contributed by atoms with Crippen LogP contribution in [0.15, 0.2) is 89.7 Å². The Labute approximate surface area is 293 Å². The Kier molecular flexibility index (Phi) is 7.44. The van der Waals surface area contributed by atoms with Crippen molar-refractivity contribution in [2.75, 3.05) is 18.1 Å². The molecule has 0 saturated heterocycles. The highest BCUT2D eigenvalue weighted by Gasteiger charge is 2.53. The van der Waals surface area contributed by atoms with Gasteiger partial charge in [0.25, 0.3) is 5.01 Å². The van der Waals surface area contributed by atoms with Crippen molar-refractivity contribution in [3.8, 4) is 0 Å². The second kappa shape index (κ2) is 11.7. The summed E-state index contributed by atoms with van der Waals surface area (Å²) < 4.78 is 16.4. The number of anilines is 1. The second-order valence-corrected chi connectivity index (χ2v) is 16.8. The molecule has 9 rings (SSSR count). The molecule has 5 nitrogen and oxygen atoms in total. The highest BCUT2D eigenvalue weighted by molar-refractivity contribution is 7.20. The van der Waals surface area contributed by atoms with Gasteiger partial charge < -0.3 is 14.4 Å². The topological polar surface area (TPSA) is 42.6 Å². The van der Waals surface area contributed by atoms with E-state index in [-0.39, 0.29) is 29.0 Å². The number of benzene rings is 3. The van der Waals surface area contributed by atoms with E-state index < -0.39 is 0 Å². The van der Waals surface area contributed by atoms with Crippen LogP contribution in [0.4, 0.5) is 5.69 Å². The number of allylic oxidation sites excluding steroid dienone is 3. The SMILES string of the molecule is CCOC(=O)CCCCCC1(C)C2=C3C=C4C=C5c6sc7c8ccccc8ccc7[n+]6CC(C)(C)[C@@H]5O[C@@H]4C[C@@H]3CCN2c2ccccc21. The minimum atomic E-state index is -0.0727. The molecule has 4 aromatic rings. The summed E-state index contributed by atoms with van der Waals surface area (Å²) in [4.78, 5) is 14.6. The van der Waals surface area contributed by atoms with Gasteiger partial charge in [0.15, 0.2) is 6.54 Å². The van der Waals surface area contributed by atoms with E-state index in [1.54, 1.807) is 0 Å². The molecule has 49 heavy (non-hydrogen) atoms. The van der Waals surface area contributed by atoms with Crippen LogP contribution in [0.3, 0.4) is 0 Å². The number of unbranched alkanes of at least 4 members (excludes halogenated alkanes) is 2. The third-order valence-corrected chi connectivity index (χ3v) is 13.4. The average Bonchev–Trinajstić information content (AvgIpc) is 3.59. The molecule has 3 aromatic carbocycles. The molecule has 0 N–H and O–H groups in total. The first-order chi connectivity index (χ1) is 23.8. The van der Waals surface area contributed by atoms with Crippen LogP contribution < -0.4 is 9.47 Å². The van der Waals surface area contributed by atoms with E-state index in [1.165, 1.54) is 59.7 Å². The van der Waals surface area contributed by atoms with E-state index in [1.807, 2.05) is 18.3 Å². The number of para-hydroxylation sites is 1. The van der Waals surface area contributed by atoms with Crippen molar-refractivity contribution in [2.24, 2.45) is 11.3 Å². The van der Waals surface area contributed by atoms with Crippen LogP contribution in [0.5, 0.6) is 0 Å². The predicted molar refractivity (Wildman–Crippen MR) is 199 cm³/mol. The van der Waals surface area contributed by atoms with Crippen molar-refractivity contribution in [1.82, 2.24) is 0 Å². The maximum atomic E-state index is 12.0. The number of carbonyl (C=O) groups excluding carboxylic acids is 1. The zero-order chi connectivity index (χ0) is 33.5. The summed E-state index contributed by atoms with van der Waals surface area (Å²) in [6.07, 6.45) is 12.1. The van der Waals surface area contributed by atoms with Gasteiger partial charge in [0, 0.05) is 41.2 Å². The fourth-order valence-corrected chi connectivity index (χ4v) is 11.1. The molecule has 1 unspecified atom stereocenters. The molecule has 4 atom stereocenters. The molecule has 0 fully saturated rings. The number of aromatic nitrogens is 1. The molecular formula is C43H47N2O3S+. The third-order valence-electron chi connectivity index (χ3n) is 12.1. The van der Waals surface area contributed by atoms with Crippen molar-refractivity contribution in [3.05, 3.63) is 100 Å². The maximum absolute atomic E-state index is 12.0. The van der Waals surface area contributed by atoms with Crippen LogP contribution in [0, 0.1) is 11.3 Å². The number of carbonyl (C=O) groups is 1. The van der Waals surface area contributed by atoms with Gasteiger partial charge in [-0.3, -0.25) is 4.79 Å². The Bertz CT molecular complexity index is 2100. The van der Waals surface area contributed by atoms with Crippen LogP contribution in [-0.2, 0) is 26.2 Å². The molecule has 1 aliphatic carbocycles. The first-order valence-corrected chi connectivity index (χ1v) is 19.3. The van der Waals surface area contributed by atoms with Crippen LogP contribution in [0.2, 0.25) is 0 Å². The summed E-state index contributed by atoms with van der Waals surface area (Å²) in [5, 5.41) is 3.99. The summed E-state index contributed by atoms with van der Waals surface area (Å²) in [7, 11) is 0. The predicted octanol–water partition coefficient (Wildman–Crippen LogP) is 9.43. The molecule has 6 heteroatoms. The lowest BCUT2D eigenvalue weighted by Crippen LogP contribution is -2.56. The van der Waals surface area contributed by atoms with Crippen molar-refractivity contribution in [1.29, 1.82) is 0 Å². The van der Waals surface area contributed by atoms with Gasteiger partial charge in [-0.1, -0.05) is 86.6 Å². The zero-order valence-corrected chi connectivity index (χ0v) is 30.1. The van der Waals surface area contributed by atoms with E-state index in [4.69, 9.17) is 9.47 Å². The molecular weight excluding hydrogens is 625 g/mol.